The van der Waals surface area contributed by atoms with Gasteiger partial charge in [0.1, 0.15) is 5.82 Å². The van der Waals surface area contributed by atoms with Gasteiger partial charge in [-0.15, -0.1) is 0 Å². The van der Waals surface area contributed by atoms with Crippen molar-refractivity contribution in [1.82, 2.24) is 15.3 Å². The molecule has 0 spiro atoms. The van der Waals surface area contributed by atoms with Gasteiger partial charge in [0.15, 0.2) is 0 Å². The number of rotatable bonds is 8. The van der Waals surface area contributed by atoms with Crippen LogP contribution in [0.1, 0.15) is 54.9 Å². The molecule has 4 heteroatoms. The van der Waals surface area contributed by atoms with E-state index in [-0.39, 0.29) is 0 Å². The molecule has 1 aliphatic rings. The second-order valence-corrected chi connectivity index (χ2v) is 6.37. The van der Waals surface area contributed by atoms with Crippen LogP contribution < -0.4 is 5.32 Å². The van der Waals surface area contributed by atoms with Crippen molar-refractivity contribution in [1.29, 1.82) is 0 Å². The molecular formula is C17H29N3O. The first-order valence-electron chi connectivity index (χ1n) is 8.15. The highest BCUT2D eigenvalue weighted by Gasteiger charge is 2.23. The molecule has 1 saturated carbocycles. The summed E-state index contributed by atoms with van der Waals surface area (Å²) in [7, 11) is 1.73. The summed E-state index contributed by atoms with van der Waals surface area (Å²) < 4.78 is 5.05. The largest absolute Gasteiger partial charge is 0.383 e. The van der Waals surface area contributed by atoms with Crippen LogP contribution in [0.15, 0.2) is 0 Å². The van der Waals surface area contributed by atoms with Crippen molar-refractivity contribution in [2.24, 2.45) is 5.92 Å². The van der Waals surface area contributed by atoms with E-state index in [0.717, 1.165) is 31.9 Å². The van der Waals surface area contributed by atoms with Crippen LogP contribution in [0.3, 0.4) is 0 Å². The third-order valence-corrected chi connectivity index (χ3v) is 4.44. The van der Waals surface area contributed by atoms with Crippen LogP contribution in [0.4, 0.5) is 0 Å². The zero-order valence-electron chi connectivity index (χ0n) is 13.9. The molecule has 0 aliphatic heterocycles. The van der Waals surface area contributed by atoms with Crippen molar-refractivity contribution < 1.29 is 4.74 Å². The van der Waals surface area contributed by atoms with Gasteiger partial charge in [0.2, 0.25) is 0 Å². The zero-order valence-corrected chi connectivity index (χ0v) is 13.9. The van der Waals surface area contributed by atoms with Gasteiger partial charge in [-0.2, -0.15) is 0 Å². The first kappa shape index (κ1) is 16.4. The Morgan fingerprint density at radius 3 is 2.43 bits per heavy atom. The fraction of sp³-hybridized carbons (Fsp3) is 0.765. The van der Waals surface area contributed by atoms with E-state index >= 15 is 0 Å². The summed E-state index contributed by atoms with van der Waals surface area (Å²) in [6.45, 7) is 9.24. The molecule has 1 aromatic heterocycles. The minimum Gasteiger partial charge on any atom is -0.383 e. The van der Waals surface area contributed by atoms with Gasteiger partial charge in [-0.05, 0) is 51.1 Å². The lowest BCUT2D eigenvalue weighted by atomic mass is 9.84. The van der Waals surface area contributed by atoms with Gasteiger partial charge in [-0.25, -0.2) is 9.97 Å². The zero-order chi connectivity index (χ0) is 15.2. The van der Waals surface area contributed by atoms with Gasteiger partial charge in [-0.3, -0.25) is 0 Å². The molecule has 1 N–H and O–H groups in total. The predicted octanol–water partition coefficient (Wildman–Crippen LogP) is 2.78. The minimum absolute atomic E-state index is 0.581. The smallest absolute Gasteiger partial charge is 0.131 e. The van der Waals surface area contributed by atoms with Gasteiger partial charge >= 0.3 is 0 Å². The van der Waals surface area contributed by atoms with E-state index < -0.39 is 0 Å². The Morgan fingerprint density at radius 2 is 1.90 bits per heavy atom. The quantitative estimate of drug-likeness (QED) is 0.748. The Labute approximate surface area is 128 Å². The summed E-state index contributed by atoms with van der Waals surface area (Å²) >= 11 is 0. The van der Waals surface area contributed by atoms with Crippen LogP contribution in [0.5, 0.6) is 0 Å². The van der Waals surface area contributed by atoms with Crippen molar-refractivity contribution in [3.8, 4) is 0 Å². The molecule has 1 aromatic rings. The predicted molar refractivity (Wildman–Crippen MR) is 85.7 cm³/mol. The van der Waals surface area contributed by atoms with Crippen molar-refractivity contribution in [2.75, 3.05) is 26.8 Å². The summed E-state index contributed by atoms with van der Waals surface area (Å²) in [6.07, 6.45) is 4.90. The van der Waals surface area contributed by atoms with Gasteiger partial charge < -0.3 is 10.1 Å². The summed E-state index contributed by atoms with van der Waals surface area (Å²) in [4.78, 5) is 9.53. The van der Waals surface area contributed by atoms with Crippen molar-refractivity contribution in [3.63, 3.8) is 0 Å². The number of nitrogens with one attached hydrogen (secondary N) is 1. The van der Waals surface area contributed by atoms with E-state index in [0.29, 0.717) is 11.8 Å². The summed E-state index contributed by atoms with van der Waals surface area (Å²) in [5, 5.41) is 3.43. The number of methoxy groups -OCH3 is 1. The topological polar surface area (TPSA) is 47.0 Å². The minimum atomic E-state index is 0.581. The SMILES string of the molecule is COCCNCC(C)Cc1c(C)nc(C2CCC2)nc1C. The molecule has 21 heavy (non-hydrogen) atoms. The number of hydrogen-bond acceptors (Lipinski definition) is 4. The van der Waals surface area contributed by atoms with E-state index in [1.54, 1.807) is 7.11 Å². The number of aryl methyl sites for hydroxylation is 2. The molecular weight excluding hydrogens is 262 g/mol. The third kappa shape index (κ3) is 4.48. The Kier molecular flexibility index (Phi) is 6.12. The Hall–Kier alpha value is -1.00. The van der Waals surface area contributed by atoms with Gasteiger partial charge in [0.05, 0.1) is 6.61 Å². The Morgan fingerprint density at radius 1 is 1.24 bits per heavy atom. The van der Waals surface area contributed by atoms with Crippen LogP contribution >= 0.6 is 0 Å². The lowest BCUT2D eigenvalue weighted by molar-refractivity contribution is 0.198. The fourth-order valence-electron chi connectivity index (χ4n) is 2.85. The van der Waals surface area contributed by atoms with E-state index in [4.69, 9.17) is 14.7 Å². The van der Waals surface area contributed by atoms with E-state index in [1.165, 1.54) is 36.2 Å². The second kappa shape index (κ2) is 7.85. The number of hydrogen-bond donors (Lipinski definition) is 1. The summed E-state index contributed by atoms with van der Waals surface area (Å²) in [5.41, 5.74) is 3.68. The van der Waals surface area contributed by atoms with Crippen molar-refractivity contribution in [3.05, 3.63) is 22.8 Å². The van der Waals surface area contributed by atoms with Gasteiger partial charge in [0.25, 0.3) is 0 Å². The molecule has 1 heterocycles. The Balaban J connectivity index is 1.93. The first-order valence-corrected chi connectivity index (χ1v) is 8.15. The van der Waals surface area contributed by atoms with E-state index in [9.17, 15) is 0 Å². The van der Waals surface area contributed by atoms with Crippen LogP contribution in [-0.2, 0) is 11.2 Å². The first-order chi connectivity index (χ1) is 10.1. The molecule has 1 aliphatic carbocycles. The van der Waals surface area contributed by atoms with Crippen LogP contribution in [-0.4, -0.2) is 36.8 Å². The van der Waals surface area contributed by atoms with E-state index in [1.807, 2.05) is 0 Å². The number of nitrogens with zero attached hydrogens (tertiary/aromatic N) is 2. The summed E-state index contributed by atoms with van der Waals surface area (Å²) in [5.74, 6) is 2.27. The lowest BCUT2D eigenvalue weighted by Crippen LogP contribution is -2.26. The molecule has 1 fully saturated rings. The molecule has 2 rings (SSSR count). The highest BCUT2D eigenvalue weighted by atomic mass is 16.5. The van der Waals surface area contributed by atoms with Crippen LogP contribution in [0.2, 0.25) is 0 Å². The van der Waals surface area contributed by atoms with Crippen molar-refractivity contribution >= 4 is 0 Å². The lowest BCUT2D eigenvalue weighted by Gasteiger charge is -2.25. The maximum Gasteiger partial charge on any atom is 0.131 e. The van der Waals surface area contributed by atoms with Crippen LogP contribution in [0, 0.1) is 19.8 Å². The van der Waals surface area contributed by atoms with Gasteiger partial charge in [0, 0.05) is 31.0 Å². The Bertz CT molecular complexity index is 434. The normalized spacial score (nSPS) is 16.8. The molecule has 0 aromatic carbocycles. The second-order valence-electron chi connectivity index (χ2n) is 6.37. The maximum absolute atomic E-state index is 5.05. The molecule has 118 valence electrons. The fourth-order valence-corrected chi connectivity index (χ4v) is 2.85. The highest BCUT2D eigenvalue weighted by Crippen LogP contribution is 2.34. The average molecular weight is 291 g/mol. The third-order valence-electron chi connectivity index (χ3n) is 4.44. The molecule has 1 atom stereocenters. The molecule has 1 unspecified atom stereocenters. The molecule has 0 amide bonds. The highest BCUT2D eigenvalue weighted by molar-refractivity contribution is 5.26. The monoisotopic (exact) mass is 291 g/mol. The number of ether oxygens (including phenoxy) is 1. The molecule has 0 radical (unpaired) electrons. The maximum atomic E-state index is 5.05. The van der Waals surface area contributed by atoms with Crippen LogP contribution in [0.25, 0.3) is 0 Å². The molecule has 4 nitrogen and oxygen atoms in total. The molecule has 0 saturated heterocycles. The number of aromatic nitrogens is 2. The van der Waals surface area contributed by atoms with Crippen molar-refractivity contribution in [2.45, 2.75) is 52.4 Å². The standard InChI is InChI=1S/C17H29N3O/c1-12(11-18-8-9-21-4)10-16-13(2)19-17(20-14(16)3)15-6-5-7-15/h12,15,18H,5-11H2,1-4H3. The summed E-state index contributed by atoms with van der Waals surface area (Å²) in [6, 6.07) is 0. The molecule has 0 bridgehead atoms. The van der Waals surface area contributed by atoms with E-state index in [2.05, 4.69) is 26.1 Å². The van der Waals surface area contributed by atoms with Gasteiger partial charge in [-0.1, -0.05) is 13.3 Å². The average Bonchev–Trinajstić information content (AvgIpc) is 2.37.